The van der Waals surface area contributed by atoms with Crippen LogP contribution >= 0.6 is 0 Å². The Morgan fingerprint density at radius 1 is 0.737 bits per heavy atom. The molecule has 3 heterocycles. The second-order valence-electron chi connectivity index (χ2n) is 10.8. The van der Waals surface area contributed by atoms with Crippen molar-refractivity contribution < 1.29 is 33.3 Å². The lowest BCUT2D eigenvalue weighted by atomic mass is 9.59. The number of rotatable bonds is 4. The zero-order chi connectivity index (χ0) is 25.5. The number of hydrogen-bond donors (Lipinski definition) is 0. The van der Waals surface area contributed by atoms with Crippen molar-refractivity contribution in [3.63, 3.8) is 0 Å². The van der Waals surface area contributed by atoms with Crippen LogP contribution in [0.5, 0.6) is 5.75 Å². The van der Waals surface area contributed by atoms with Gasteiger partial charge in [0, 0.05) is 11.8 Å². The fraction of sp³-hybridized carbons (Fsp3) is 0.323. The molecule has 0 aromatic heterocycles. The third-order valence-electron chi connectivity index (χ3n) is 9.00. The average molecular weight is 509 g/mol. The highest BCUT2D eigenvalue weighted by atomic mass is 16.7. The van der Waals surface area contributed by atoms with Crippen molar-refractivity contribution in [1.29, 1.82) is 0 Å². The second-order valence-corrected chi connectivity index (χ2v) is 10.8. The molecule has 0 saturated carbocycles. The lowest BCUT2D eigenvalue weighted by Crippen LogP contribution is -2.49. The molecule has 7 nitrogen and oxygen atoms in total. The molecule has 3 saturated heterocycles. The van der Waals surface area contributed by atoms with Crippen LogP contribution in [-0.2, 0) is 28.6 Å². The molecule has 7 unspecified atom stereocenters. The van der Waals surface area contributed by atoms with E-state index >= 15 is 0 Å². The summed E-state index contributed by atoms with van der Waals surface area (Å²) in [5, 5.41) is 0. The lowest BCUT2D eigenvalue weighted by molar-refractivity contribution is -0.167. The van der Waals surface area contributed by atoms with Gasteiger partial charge in [0.25, 0.3) is 0 Å². The Bertz CT molecular complexity index is 1430. The predicted molar refractivity (Wildman–Crippen MR) is 132 cm³/mol. The standard InChI is InChI=1S/C31H24O7/c32-29(21-14-20-16-10-4-6-12-18(16)22(21)19-13-7-5-11-17(19)20)37-27-25-23(24-26(36-25)28(27)38-31(24)34)30(33)35-15-8-2-1-3-9-15/h1-13,20-28H,14H2. The molecule has 0 spiro atoms. The summed E-state index contributed by atoms with van der Waals surface area (Å²) in [5.74, 6) is -3.07. The van der Waals surface area contributed by atoms with Crippen molar-refractivity contribution in [3.8, 4) is 5.75 Å². The summed E-state index contributed by atoms with van der Waals surface area (Å²) in [6, 6.07) is 25.3. The van der Waals surface area contributed by atoms with E-state index in [0.717, 1.165) is 11.1 Å². The van der Waals surface area contributed by atoms with E-state index in [1.807, 2.05) is 30.3 Å². The van der Waals surface area contributed by atoms with Gasteiger partial charge in [-0.2, -0.15) is 0 Å². The number of fused-ring (bicyclic) bond motifs is 2. The van der Waals surface area contributed by atoms with E-state index in [-0.39, 0.29) is 23.7 Å². The molecule has 38 heavy (non-hydrogen) atoms. The molecule has 7 atom stereocenters. The topological polar surface area (TPSA) is 88.1 Å². The van der Waals surface area contributed by atoms with Crippen LogP contribution in [0.4, 0.5) is 0 Å². The van der Waals surface area contributed by atoms with Gasteiger partial charge >= 0.3 is 17.9 Å². The second kappa shape index (κ2) is 8.01. The summed E-state index contributed by atoms with van der Waals surface area (Å²) in [5.41, 5.74) is 4.84. The number of benzene rings is 3. The third kappa shape index (κ3) is 2.96. The zero-order valence-corrected chi connectivity index (χ0v) is 20.3. The number of para-hydroxylation sites is 1. The molecular weight excluding hydrogens is 484 g/mol. The number of hydrogen-bond acceptors (Lipinski definition) is 7. The van der Waals surface area contributed by atoms with Gasteiger partial charge in [-0.15, -0.1) is 0 Å². The molecule has 0 N–H and O–H groups in total. The first-order chi connectivity index (χ1) is 18.6. The van der Waals surface area contributed by atoms with Crippen LogP contribution in [-0.4, -0.2) is 42.3 Å². The van der Waals surface area contributed by atoms with Gasteiger partial charge < -0.3 is 18.9 Å². The highest BCUT2D eigenvalue weighted by Crippen LogP contribution is 2.57. The fourth-order valence-corrected chi connectivity index (χ4v) is 7.50. The lowest BCUT2D eigenvalue weighted by Gasteiger charge is -2.44. The summed E-state index contributed by atoms with van der Waals surface area (Å²) in [4.78, 5) is 39.8. The van der Waals surface area contributed by atoms with Gasteiger partial charge in [0.05, 0.1) is 5.92 Å². The number of esters is 3. The molecule has 7 heteroatoms. The Kier molecular flexibility index (Phi) is 4.65. The highest BCUT2D eigenvalue weighted by Gasteiger charge is 2.72. The maximum Gasteiger partial charge on any atom is 0.318 e. The molecular formula is C31H24O7. The van der Waals surface area contributed by atoms with Crippen LogP contribution in [0.2, 0.25) is 0 Å². The summed E-state index contributed by atoms with van der Waals surface area (Å²) in [6.07, 6.45) is -2.33. The molecule has 190 valence electrons. The molecule has 3 aromatic carbocycles. The minimum Gasteiger partial charge on any atom is -0.455 e. The minimum absolute atomic E-state index is 0.114. The van der Waals surface area contributed by atoms with E-state index in [9.17, 15) is 14.4 Å². The average Bonchev–Trinajstić information content (AvgIpc) is 3.58. The Labute approximate surface area is 218 Å². The number of ether oxygens (including phenoxy) is 4. The van der Waals surface area contributed by atoms with Crippen molar-refractivity contribution in [1.82, 2.24) is 0 Å². The molecule has 3 aliphatic heterocycles. The number of carbonyl (C=O) groups is 3. The molecule has 3 aromatic rings. The van der Waals surface area contributed by atoms with Crippen LogP contribution in [0.3, 0.4) is 0 Å². The summed E-state index contributed by atoms with van der Waals surface area (Å²) in [7, 11) is 0. The van der Waals surface area contributed by atoms with Crippen LogP contribution in [0.1, 0.15) is 40.5 Å². The maximum absolute atomic E-state index is 13.8. The largest absolute Gasteiger partial charge is 0.455 e. The van der Waals surface area contributed by atoms with Gasteiger partial charge in [-0.1, -0.05) is 66.7 Å². The van der Waals surface area contributed by atoms with Crippen molar-refractivity contribution in [2.24, 2.45) is 17.8 Å². The third-order valence-corrected chi connectivity index (χ3v) is 9.00. The molecule has 9 rings (SSSR count). The molecule has 0 amide bonds. The molecule has 0 radical (unpaired) electrons. The minimum atomic E-state index is -0.895. The molecule has 3 fully saturated rings. The van der Waals surface area contributed by atoms with E-state index in [4.69, 9.17) is 18.9 Å². The van der Waals surface area contributed by atoms with Crippen LogP contribution in [0.25, 0.3) is 0 Å². The monoisotopic (exact) mass is 508 g/mol. The van der Waals surface area contributed by atoms with E-state index in [1.54, 1.807) is 24.3 Å². The first-order valence-electron chi connectivity index (χ1n) is 13.1. The van der Waals surface area contributed by atoms with Crippen LogP contribution < -0.4 is 4.74 Å². The van der Waals surface area contributed by atoms with E-state index in [1.165, 1.54) is 11.1 Å². The molecule has 6 aliphatic rings. The van der Waals surface area contributed by atoms with Crippen molar-refractivity contribution in [3.05, 3.63) is 101 Å². The van der Waals surface area contributed by atoms with Gasteiger partial charge in [0.1, 0.15) is 29.8 Å². The van der Waals surface area contributed by atoms with Crippen molar-refractivity contribution in [2.45, 2.75) is 42.7 Å². The Morgan fingerprint density at radius 3 is 2.05 bits per heavy atom. The molecule has 4 bridgehead atoms. The first-order valence-corrected chi connectivity index (χ1v) is 13.1. The van der Waals surface area contributed by atoms with E-state index in [2.05, 4.69) is 24.3 Å². The van der Waals surface area contributed by atoms with Crippen molar-refractivity contribution in [2.75, 3.05) is 0 Å². The quantitative estimate of drug-likeness (QED) is 0.392. The first kappa shape index (κ1) is 22.1. The van der Waals surface area contributed by atoms with Gasteiger partial charge in [0.2, 0.25) is 0 Å². The normalized spacial score (nSPS) is 34.8. The van der Waals surface area contributed by atoms with Crippen LogP contribution in [0, 0.1) is 17.8 Å². The van der Waals surface area contributed by atoms with Crippen molar-refractivity contribution >= 4 is 17.9 Å². The Balaban J connectivity index is 1.08. The fourth-order valence-electron chi connectivity index (χ4n) is 7.50. The predicted octanol–water partition coefficient (Wildman–Crippen LogP) is 3.74. The van der Waals surface area contributed by atoms with Gasteiger partial charge in [-0.25, -0.2) is 0 Å². The summed E-state index contributed by atoms with van der Waals surface area (Å²) in [6.45, 7) is 0. The van der Waals surface area contributed by atoms with E-state index in [0.29, 0.717) is 12.2 Å². The van der Waals surface area contributed by atoms with E-state index < -0.39 is 48.2 Å². The highest BCUT2D eigenvalue weighted by molar-refractivity contribution is 5.88. The maximum atomic E-state index is 13.8. The summed E-state index contributed by atoms with van der Waals surface area (Å²) >= 11 is 0. The SMILES string of the molecule is O=C(OC1C2OC(=O)C3C2OC1C3C(=O)Oc1ccccc1)C1CC2c3ccccc3C1c1ccccc12. The zero-order valence-electron chi connectivity index (χ0n) is 20.3. The Hall–Kier alpha value is -3.97. The van der Waals surface area contributed by atoms with Gasteiger partial charge in [-0.05, 0) is 40.8 Å². The molecule has 3 aliphatic carbocycles. The van der Waals surface area contributed by atoms with Crippen LogP contribution in [0.15, 0.2) is 78.9 Å². The smallest absolute Gasteiger partial charge is 0.318 e. The van der Waals surface area contributed by atoms with Gasteiger partial charge in [0.15, 0.2) is 12.2 Å². The number of carbonyl (C=O) groups excluding carboxylic acids is 3. The summed E-state index contributed by atoms with van der Waals surface area (Å²) < 4.78 is 23.3. The van der Waals surface area contributed by atoms with Gasteiger partial charge in [-0.3, -0.25) is 14.4 Å². The Morgan fingerprint density at radius 2 is 1.37 bits per heavy atom.